The number of fused-ring (bicyclic) bond motifs is 1. The summed E-state index contributed by atoms with van der Waals surface area (Å²) >= 11 is 0. The molecule has 8 heteroatoms. The monoisotopic (exact) mass is 456 g/mol. The van der Waals surface area contributed by atoms with Crippen LogP contribution < -0.4 is 0 Å². The number of nitrogens with zero attached hydrogens (tertiary/aromatic N) is 2. The third-order valence-electron chi connectivity index (χ3n) is 5.89. The second kappa shape index (κ2) is 8.85. The summed E-state index contributed by atoms with van der Waals surface area (Å²) in [5, 5.41) is 11.9. The van der Waals surface area contributed by atoms with Gasteiger partial charge in [0.2, 0.25) is 5.82 Å². The van der Waals surface area contributed by atoms with Gasteiger partial charge in [-0.3, -0.25) is 10.1 Å². The molecule has 0 N–H and O–H groups in total. The van der Waals surface area contributed by atoms with Gasteiger partial charge in [0.15, 0.2) is 5.79 Å². The Hall–Kier alpha value is -2.81. The van der Waals surface area contributed by atoms with E-state index in [-0.39, 0.29) is 6.10 Å². The van der Waals surface area contributed by atoms with Gasteiger partial charge in [-0.15, -0.1) is 0 Å². The van der Waals surface area contributed by atoms with E-state index in [0.717, 1.165) is 11.3 Å². The van der Waals surface area contributed by atoms with Gasteiger partial charge in [0.1, 0.15) is 6.10 Å². The number of hydrogen-bond donors (Lipinski definition) is 0. The molecule has 0 bridgehead atoms. The van der Waals surface area contributed by atoms with Crippen molar-refractivity contribution in [1.29, 1.82) is 0 Å². The van der Waals surface area contributed by atoms with Crippen molar-refractivity contribution in [1.82, 2.24) is 4.57 Å². The summed E-state index contributed by atoms with van der Waals surface area (Å²) in [4.78, 5) is 10.6. The molecule has 4 rings (SSSR count). The van der Waals surface area contributed by atoms with Gasteiger partial charge < -0.3 is 18.8 Å². The van der Waals surface area contributed by atoms with Gasteiger partial charge in [0, 0.05) is 28.6 Å². The average Bonchev–Trinajstić information content (AvgIpc) is 3.28. The maximum absolute atomic E-state index is 14.5. The molecule has 1 aliphatic rings. The van der Waals surface area contributed by atoms with Gasteiger partial charge in [0.05, 0.1) is 36.8 Å². The van der Waals surface area contributed by atoms with E-state index >= 15 is 0 Å². The van der Waals surface area contributed by atoms with Gasteiger partial charge in [0.25, 0.3) is 0 Å². The van der Waals surface area contributed by atoms with E-state index in [2.05, 4.69) is 0 Å². The first-order chi connectivity index (χ1) is 15.6. The number of nitro benzene ring substituents is 1. The highest BCUT2D eigenvalue weighted by molar-refractivity contribution is 5.84. The summed E-state index contributed by atoms with van der Waals surface area (Å²) < 4.78 is 34.2. The lowest BCUT2D eigenvalue weighted by molar-refractivity contribution is -0.387. The van der Waals surface area contributed by atoms with Crippen LogP contribution >= 0.6 is 0 Å². The van der Waals surface area contributed by atoms with Crippen LogP contribution in [0.15, 0.2) is 48.5 Å². The lowest BCUT2D eigenvalue weighted by Crippen LogP contribution is -2.30. The number of aromatic nitrogens is 1. The molecule has 1 aliphatic heterocycles. The second-order valence-corrected chi connectivity index (χ2v) is 9.57. The minimum atomic E-state index is -0.861. The Balaban J connectivity index is 1.67. The molecule has 7 nitrogen and oxygen atoms in total. The minimum Gasteiger partial charge on any atom is -0.376 e. The first-order valence-corrected chi connectivity index (χ1v) is 11.0. The van der Waals surface area contributed by atoms with Crippen molar-refractivity contribution in [3.8, 4) is 0 Å². The van der Waals surface area contributed by atoms with Crippen molar-refractivity contribution in [2.45, 2.75) is 58.2 Å². The van der Waals surface area contributed by atoms with E-state index in [1.807, 2.05) is 68.7 Å². The topological polar surface area (TPSA) is 75.8 Å². The summed E-state index contributed by atoms with van der Waals surface area (Å²) in [7, 11) is 0. The smallest absolute Gasteiger partial charge is 0.305 e. The largest absolute Gasteiger partial charge is 0.376 e. The van der Waals surface area contributed by atoms with Crippen LogP contribution in [0.1, 0.15) is 39.0 Å². The first-order valence-electron chi connectivity index (χ1n) is 11.0. The Morgan fingerprint density at radius 1 is 1.24 bits per heavy atom. The van der Waals surface area contributed by atoms with Crippen molar-refractivity contribution in [2.24, 2.45) is 0 Å². The Morgan fingerprint density at radius 2 is 1.97 bits per heavy atom. The molecule has 1 saturated heterocycles. The van der Waals surface area contributed by atoms with E-state index in [0.29, 0.717) is 37.3 Å². The van der Waals surface area contributed by atoms with E-state index in [1.54, 1.807) is 0 Å². The molecular formula is C25H29FN2O5. The molecule has 1 unspecified atom stereocenters. The van der Waals surface area contributed by atoms with Crippen LogP contribution in [0.4, 0.5) is 10.1 Å². The Morgan fingerprint density at radius 3 is 2.61 bits per heavy atom. The Bertz CT molecular complexity index is 1160. The quantitative estimate of drug-likeness (QED) is 0.338. The van der Waals surface area contributed by atoms with Gasteiger partial charge >= 0.3 is 5.69 Å². The first kappa shape index (κ1) is 23.4. The maximum atomic E-state index is 14.5. The fraction of sp³-hybridized carbons (Fsp3) is 0.440. The van der Waals surface area contributed by atoms with Crippen LogP contribution in [-0.4, -0.2) is 34.6 Å². The molecule has 2 aromatic carbocycles. The highest BCUT2D eigenvalue weighted by Crippen LogP contribution is 2.35. The standard InChI is InChI=1S/C25H29FN2O5/c1-24(2,16-31-14-17-8-6-5-7-9-17)23-11-18-10-22(28(29)30)20(26)12-21(18)27(23)13-19-15-32-25(3,4)33-19/h5-12,19H,13-16H2,1-4H3. The zero-order valence-electron chi connectivity index (χ0n) is 19.3. The zero-order valence-corrected chi connectivity index (χ0v) is 19.3. The fourth-order valence-corrected chi connectivity index (χ4v) is 4.30. The number of ether oxygens (including phenoxy) is 3. The molecule has 1 fully saturated rings. The highest BCUT2D eigenvalue weighted by Gasteiger charge is 2.35. The van der Waals surface area contributed by atoms with Crippen LogP contribution in [0.3, 0.4) is 0 Å². The van der Waals surface area contributed by atoms with Crippen LogP contribution in [0.5, 0.6) is 0 Å². The molecule has 0 amide bonds. The number of nitro groups is 1. The molecule has 1 atom stereocenters. The number of benzene rings is 2. The summed E-state index contributed by atoms with van der Waals surface area (Å²) in [6.07, 6.45) is -0.228. The predicted molar refractivity (Wildman–Crippen MR) is 123 cm³/mol. The van der Waals surface area contributed by atoms with Crippen molar-refractivity contribution < 1.29 is 23.5 Å². The van der Waals surface area contributed by atoms with Gasteiger partial charge in [-0.2, -0.15) is 4.39 Å². The zero-order chi connectivity index (χ0) is 23.8. The number of halogens is 1. The van der Waals surface area contributed by atoms with Crippen LogP contribution in [0.2, 0.25) is 0 Å². The summed E-state index contributed by atoms with van der Waals surface area (Å²) in [6, 6.07) is 14.3. The second-order valence-electron chi connectivity index (χ2n) is 9.57. The normalized spacial score (nSPS) is 18.2. The molecular weight excluding hydrogens is 427 g/mol. The van der Waals surface area contributed by atoms with Crippen molar-refractivity contribution in [3.05, 3.63) is 75.7 Å². The summed E-state index contributed by atoms with van der Waals surface area (Å²) in [5.74, 6) is -1.55. The molecule has 0 radical (unpaired) electrons. The van der Waals surface area contributed by atoms with Gasteiger partial charge in [-0.25, -0.2) is 0 Å². The van der Waals surface area contributed by atoms with Crippen molar-refractivity contribution in [2.75, 3.05) is 13.2 Å². The van der Waals surface area contributed by atoms with E-state index < -0.39 is 27.6 Å². The molecule has 2 heterocycles. The molecule has 0 aliphatic carbocycles. The highest BCUT2D eigenvalue weighted by atomic mass is 19.1. The fourth-order valence-electron chi connectivity index (χ4n) is 4.30. The molecule has 3 aromatic rings. The molecule has 33 heavy (non-hydrogen) atoms. The summed E-state index contributed by atoms with van der Waals surface area (Å²) in [6.45, 7) is 9.52. The van der Waals surface area contributed by atoms with E-state index in [1.165, 1.54) is 12.1 Å². The third kappa shape index (κ3) is 5.08. The molecule has 1 aromatic heterocycles. The molecule has 176 valence electrons. The van der Waals surface area contributed by atoms with Gasteiger partial charge in [-0.05, 0) is 25.5 Å². The van der Waals surface area contributed by atoms with Crippen LogP contribution in [0, 0.1) is 15.9 Å². The minimum absolute atomic E-state index is 0.228. The molecule has 0 spiro atoms. The average molecular weight is 457 g/mol. The number of rotatable bonds is 8. The third-order valence-corrected chi connectivity index (χ3v) is 5.89. The van der Waals surface area contributed by atoms with Crippen molar-refractivity contribution >= 4 is 16.6 Å². The van der Waals surface area contributed by atoms with E-state index in [9.17, 15) is 14.5 Å². The lowest BCUT2D eigenvalue weighted by Gasteiger charge is -2.28. The van der Waals surface area contributed by atoms with Crippen LogP contribution in [-0.2, 0) is 32.8 Å². The Kier molecular flexibility index (Phi) is 6.26. The van der Waals surface area contributed by atoms with E-state index in [4.69, 9.17) is 14.2 Å². The summed E-state index contributed by atoms with van der Waals surface area (Å²) in [5.41, 5.74) is 1.56. The lowest BCUT2D eigenvalue weighted by atomic mass is 9.90. The Labute approximate surface area is 192 Å². The number of hydrogen-bond acceptors (Lipinski definition) is 5. The SMILES string of the molecule is CC1(C)OCC(Cn2c(C(C)(C)COCc3ccccc3)cc3cc([N+](=O)[O-])c(F)cc32)O1. The maximum Gasteiger partial charge on any atom is 0.305 e. The predicted octanol–water partition coefficient (Wildman–Crippen LogP) is 5.33. The van der Waals surface area contributed by atoms with Crippen LogP contribution in [0.25, 0.3) is 10.9 Å². The van der Waals surface area contributed by atoms with Crippen molar-refractivity contribution in [3.63, 3.8) is 0 Å². The molecule has 0 saturated carbocycles. The van der Waals surface area contributed by atoms with Gasteiger partial charge in [-0.1, -0.05) is 44.2 Å².